The van der Waals surface area contributed by atoms with Crippen molar-refractivity contribution >= 4 is 30.7 Å². The molecule has 0 aliphatic carbocycles. The molecule has 0 aromatic heterocycles. The lowest BCUT2D eigenvalue weighted by atomic mass is 9.99. The molecule has 3 aliphatic rings. The van der Waals surface area contributed by atoms with E-state index in [0.29, 0.717) is 5.91 Å². The van der Waals surface area contributed by atoms with Crippen LogP contribution in [0.1, 0.15) is 44.9 Å². The van der Waals surface area contributed by atoms with Gasteiger partial charge in [-0.2, -0.15) is 0 Å². The van der Waals surface area contributed by atoms with Crippen LogP contribution in [0, 0.1) is 0 Å². The number of hydrogen-bond donors (Lipinski definition) is 1. The van der Waals surface area contributed by atoms with Gasteiger partial charge in [0.2, 0.25) is 5.91 Å². The number of amides is 1. The van der Waals surface area contributed by atoms with Crippen molar-refractivity contribution in [2.75, 3.05) is 32.7 Å². The molecule has 0 saturated carbocycles. The van der Waals surface area contributed by atoms with Crippen molar-refractivity contribution in [1.82, 2.24) is 15.1 Å². The number of hydrogen-bond acceptors (Lipinski definition) is 3. The molecular formula is C15H29Cl2N3O. The van der Waals surface area contributed by atoms with Gasteiger partial charge in [0.15, 0.2) is 0 Å². The summed E-state index contributed by atoms with van der Waals surface area (Å²) in [5.41, 5.74) is 0. The summed E-state index contributed by atoms with van der Waals surface area (Å²) in [6.45, 7) is 5.52. The second-order valence-corrected chi connectivity index (χ2v) is 6.30. The van der Waals surface area contributed by atoms with Gasteiger partial charge in [0.1, 0.15) is 0 Å². The molecule has 3 aliphatic heterocycles. The van der Waals surface area contributed by atoms with Gasteiger partial charge in [-0.15, -0.1) is 24.8 Å². The highest BCUT2D eigenvalue weighted by molar-refractivity contribution is 5.85. The van der Waals surface area contributed by atoms with E-state index >= 15 is 0 Å². The first kappa shape index (κ1) is 19.0. The molecule has 4 nitrogen and oxygen atoms in total. The minimum absolute atomic E-state index is 0. The number of carbonyl (C=O) groups is 1. The van der Waals surface area contributed by atoms with E-state index in [4.69, 9.17) is 0 Å². The first-order valence-corrected chi connectivity index (χ1v) is 8.11. The topological polar surface area (TPSA) is 35.6 Å². The number of nitrogens with one attached hydrogen (secondary N) is 1. The number of nitrogens with zero attached hydrogens (tertiary/aromatic N) is 2. The summed E-state index contributed by atoms with van der Waals surface area (Å²) in [7, 11) is 0. The van der Waals surface area contributed by atoms with Crippen LogP contribution >= 0.6 is 24.8 Å². The van der Waals surface area contributed by atoms with Gasteiger partial charge in [0.25, 0.3) is 0 Å². The van der Waals surface area contributed by atoms with Crippen LogP contribution in [0.4, 0.5) is 0 Å². The molecule has 3 fully saturated rings. The minimum atomic E-state index is 0. The van der Waals surface area contributed by atoms with Gasteiger partial charge in [-0.1, -0.05) is 6.42 Å². The Morgan fingerprint density at radius 2 is 1.52 bits per heavy atom. The maximum absolute atomic E-state index is 12.3. The lowest BCUT2D eigenvalue weighted by Gasteiger charge is -2.40. The Labute approximate surface area is 140 Å². The third-order valence-electron chi connectivity index (χ3n) is 5.04. The van der Waals surface area contributed by atoms with Crippen LogP contribution in [0.5, 0.6) is 0 Å². The summed E-state index contributed by atoms with van der Waals surface area (Å²) < 4.78 is 0. The molecule has 3 saturated heterocycles. The summed E-state index contributed by atoms with van der Waals surface area (Å²) in [6, 6.07) is 0.854. The summed E-state index contributed by atoms with van der Waals surface area (Å²) in [5, 5.41) is 3.33. The number of halogens is 2. The molecule has 3 rings (SSSR count). The van der Waals surface area contributed by atoms with Crippen molar-refractivity contribution in [3.8, 4) is 0 Å². The Morgan fingerprint density at radius 3 is 2.10 bits per heavy atom. The molecule has 124 valence electrons. The van der Waals surface area contributed by atoms with Gasteiger partial charge in [0, 0.05) is 19.1 Å². The predicted molar refractivity (Wildman–Crippen MR) is 90.5 cm³/mol. The van der Waals surface area contributed by atoms with E-state index in [1.807, 2.05) is 0 Å². The molecule has 1 N–H and O–H groups in total. The lowest BCUT2D eigenvalue weighted by molar-refractivity contribution is -0.134. The van der Waals surface area contributed by atoms with E-state index in [9.17, 15) is 4.79 Å². The molecule has 21 heavy (non-hydrogen) atoms. The Hall–Kier alpha value is -0.0300. The summed E-state index contributed by atoms with van der Waals surface area (Å²) in [6.07, 6.45) is 8.68. The van der Waals surface area contributed by atoms with Crippen molar-refractivity contribution < 1.29 is 4.79 Å². The highest BCUT2D eigenvalue weighted by Gasteiger charge is 2.31. The van der Waals surface area contributed by atoms with Crippen LogP contribution in [-0.4, -0.2) is 60.5 Å². The Morgan fingerprint density at radius 1 is 0.857 bits per heavy atom. The van der Waals surface area contributed by atoms with Crippen molar-refractivity contribution in [3.05, 3.63) is 0 Å². The Balaban J connectivity index is 0.00000110. The largest absolute Gasteiger partial charge is 0.341 e. The highest BCUT2D eigenvalue weighted by Crippen LogP contribution is 2.22. The normalized spacial score (nSPS) is 27.8. The average molecular weight is 338 g/mol. The molecule has 0 aromatic carbocycles. The van der Waals surface area contributed by atoms with Gasteiger partial charge in [-0.05, 0) is 58.2 Å². The van der Waals surface area contributed by atoms with Crippen LogP contribution in [-0.2, 0) is 4.79 Å². The summed E-state index contributed by atoms with van der Waals surface area (Å²) in [4.78, 5) is 17.1. The number of carbonyl (C=O) groups excluding carboxylic acids is 1. The van der Waals surface area contributed by atoms with Crippen LogP contribution in [0.15, 0.2) is 0 Å². The molecule has 6 heteroatoms. The summed E-state index contributed by atoms with van der Waals surface area (Å²) >= 11 is 0. The Kier molecular flexibility index (Phi) is 8.32. The van der Waals surface area contributed by atoms with Gasteiger partial charge >= 0.3 is 0 Å². The van der Waals surface area contributed by atoms with Crippen LogP contribution in [0.2, 0.25) is 0 Å². The zero-order chi connectivity index (χ0) is 13.1. The minimum Gasteiger partial charge on any atom is -0.341 e. The maximum Gasteiger partial charge on any atom is 0.239 e. The smallest absolute Gasteiger partial charge is 0.239 e. The van der Waals surface area contributed by atoms with Crippen molar-refractivity contribution in [3.63, 3.8) is 0 Å². The van der Waals surface area contributed by atoms with Crippen molar-refractivity contribution in [2.45, 2.75) is 57.0 Å². The maximum atomic E-state index is 12.3. The number of rotatable bonds is 2. The van der Waals surface area contributed by atoms with E-state index in [2.05, 4.69) is 15.1 Å². The molecule has 0 spiro atoms. The van der Waals surface area contributed by atoms with Crippen LogP contribution in [0.25, 0.3) is 0 Å². The molecule has 1 unspecified atom stereocenters. The standard InChI is InChI=1S/C15H27N3O.2ClH/c19-15(14-5-4-8-16-14)18-11-6-13(7-12-18)17-9-2-1-3-10-17;;/h13-14,16H,1-12H2;2*1H. The zero-order valence-electron chi connectivity index (χ0n) is 12.8. The van der Waals surface area contributed by atoms with Crippen LogP contribution in [0.3, 0.4) is 0 Å². The first-order valence-electron chi connectivity index (χ1n) is 8.11. The second-order valence-electron chi connectivity index (χ2n) is 6.30. The van der Waals surface area contributed by atoms with Crippen molar-refractivity contribution in [1.29, 1.82) is 0 Å². The molecule has 3 heterocycles. The third-order valence-corrected chi connectivity index (χ3v) is 5.04. The Bertz CT molecular complexity index is 310. The van der Waals surface area contributed by atoms with Gasteiger partial charge in [-0.25, -0.2) is 0 Å². The van der Waals surface area contributed by atoms with E-state index in [1.165, 1.54) is 45.2 Å². The quantitative estimate of drug-likeness (QED) is 0.837. The molecule has 0 aromatic rings. The molecule has 1 atom stereocenters. The molecular weight excluding hydrogens is 309 g/mol. The average Bonchev–Trinajstić information content (AvgIpc) is 3.02. The fourth-order valence-electron chi connectivity index (χ4n) is 3.85. The predicted octanol–water partition coefficient (Wildman–Crippen LogP) is 2.06. The van der Waals surface area contributed by atoms with Crippen molar-refractivity contribution in [2.24, 2.45) is 0 Å². The van der Waals surface area contributed by atoms with E-state index in [-0.39, 0.29) is 30.9 Å². The third kappa shape index (κ3) is 4.72. The monoisotopic (exact) mass is 337 g/mol. The van der Waals surface area contributed by atoms with E-state index in [0.717, 1.165) is 38.5 Å². The van der Waals surface area contributed by atoms with Gasteiger partial charge < -0.3 is 15.1 Å². The van der Waals surface area contributed by atoms with Crippen LogP contribution < -0.4 is 5.32 Å². The van der Waals surface area contributed by atoms with E-state index < -0.39 is 0 Å². The SMILES string of the molecule is Cl.Cl.O=C(C1CCCN1)N1CCC(N2CCCCC2)CC1. The fraction of sp³-hybridized carbons (Fsp3) is 0.933. The molecule has 0 bridgehead atoms. The van der Waals surface area contributed by atoms with Gasteiger partial charge in [-0.3, -0.25) is 4.79 Å². The number of likely N-dealkylation sites (tertiary alicyclic amines) is 2. The lowest BCUT2D eigenvalue weighted by Crippen LogP contribution is -2.51. The number of piperidine rings is 2. The second kappa shape index (κ2) is 9.19. The highest BCUT2D eigenvalue weighted by atomic mass is 35.5. The zero-order valence-corrected chi connectivity index (χ0v) is 14.4. The molecule has 1 amide bonds. The van der Waals surface area contributed by atoms with Gasteiger partial charge in [0.05, 0.1) is 6.04 Å². The summed E-state index contributed by atoms with van der Waals surface area (Å²) in [5.74, 6) is 0.356. The molecule has 0 radical (unpaired) electrons. The van der Waals surface area contributed by atoms with E-state index in [1.54, 1.807) is 0 Å². The fourth-order valence-corrected chi connectivity index (χ4v) is 3.85. The first-order chi connectivity index (χ1) is 9.34.